The maximum absolute atomic E-state index is 11.5. The summed E-state index contributed by atoms with van der Waals surface area (Å²) in [6.45, 7) is 2.72. The maximum atomic E-state index is 11.5. The van der Waals surface area contributed by atoms with Crippen LogP contribution in [0.3, 0.4) is 0 Å². The quantitative estimate of drug-likeness (QED) is 0.802. The van der Waals surface area contributed by atoms with E-state index in [1.54, 1.807) is 12.1 Å². The highest BCUT2D eigenvalue weighted by molar-refractivity contribution is 5.89. The van der Waals surface area contributed by atoms with Crippen molar-refractivity contribution >= 4 is 11.5 Å². The third kappa shape index (κ3) is 2.68. The molecule has 1 aliphatic rings. The second-order valence-electron chi connectivity index (χ2n) is 5.33. The molecule has 2 aromatic rings. The number of methoxy groups -OCH3 is 1. The summed E-state index contributed by atoms with van der Waals surface area (Å²) in [6.07, 6.45) is -0.0538. The monoisotopic (exact) mass is 294 g/mol. The molecule has 1 unspecified atom stereocenters. The van der Waals surface area contributed by atoms with Crippen molar-refractivity contribution in [2.24, 2.45) is 0 Å². The van der Waals surface area contributed by atoms with Crippen LogP contribution in [-0.4, -0.2) is 19.7 Å². The van der Waals surface area contributed by atoms with E-state index in [1.807, 2.05) is 30.3 Å². The van der Waals surface area contributed by atoms with Crippen LogP contribution < -0.4 is 0 Å². The molecule has 0 fully saturated rings. The van der Waals surface area contributed by atoms with Crippen molar-refractivity contribution in [1.82, 2.24) is 0 Å². The van der Waals surface area contributed by atoms with Crippen LogP contribution in [0.1, 0.15) is 34.5 Å². The van der Waals surface area contributed by atoms with Crippen molar-refractivity contribution in [3.8, 4) is 0 Å². The van der Waals surface area contributed by atoms with Gasteiger partial charge in [0.15, 0.2) is 0 Å². The SMILES string of the molecule is COC(=O)c1ccc(C2OCC(c3ccccc3)=C2C)cc1. The van der Waals surface area contributed by atoms with Gasteiger partial charge in [0.05, 0.1) is 19.3 Å². The van der Waals surface area contributed by atoms with Crippen LogP contribution in [0.2, 0.25) is 0 Å². The maximum Gasteiger partial charge on any atom is 0.337 e. The van der Waals surface area contributed by atoms with Crippen molar-refractivity contribution < 1.29 is 14.3 Å². The van der Waals surface area contributed by atoms with Gasteiger partial charge in [0, 0.05) is 0 Å². The molecule has 112 valence electrons. The molecule has 0 bridgehead atoms. The Labute approximate surface area is 130 Å². The van der Waals surface area contributed by atoms with Gasteiger partial charge in [0.2, 0.25) is 0 Å². The van der Waals surface area contributed by atoms with Gasteiger partial charge in [0.25, 0.3) is 0 Å². The Balaban J connectivity index is 1.87. The minimum absolute atomic E-state index is 0.0538. The lowest BCUT2D eigenvalue weighted by atomic mass is 9.96. The van der Waals surface area contributed by atoms with E-state index in [0.29, 0.717) is 12.2 Å². The molecule has 0 spiro atoms. The molecule has 1 aliphatic heterocycles. The fourth-order valence-electron chi connectivity index (χ4n) is 2.77. The lowest BCUT2D eigenvalue weighted by Gasteiger charge is -2.12. The van der Waals surface area contributed by atoms with E-state index in [2.05, 4.69) is 19.1 Å². The highest BCUT2D eigenvalue weighted by atomic mass is 16.5. The first-order valence-electron chi connectivity index (χ1n) is 7.25. The molecule has 0 N–H and O–H groups in total. The molecule has 22 heavy (non-hydrogen) atoms. The Morgan fingerprint density at radius 2 is 1.77 bits per heavy atom. The van der Waals surface area contributed by atoms with E-state index in [-0.39, 0.29) is 12.1 Å². The second-order valence-corrected chi connectivity index (χ2v) is 5.33. The van der Waals surface area contributed by atoms with Crippen LogP contribution >= 0.6 is 0 Å². The van der Waals surface area contributed by atoms with E-state index < -0.39 is 0 Å². The molecular weight excluding hydrogens is 276 g/mol. The van der Waals surface area contributed by atoms with Gasteiger partial charge in [-0.1, -0.05) is 42.5 Å². The summed E-state index contributed by atoms with van der Waals surface area (Å²) in [5.41, 5.74) is 5.26. The molecule has 1 heterocycles. The third-order valence-corrected chi connectivity index (χ3v) is 4.02. The molecule has 3 nitrogen and oxygen atoms in total. The summed E-state index contributed by atoms with van der Waals surface area (Å²) < 4.78 is 10.7. The van der Waals surface area contributed by atoms with Gasteiger partial charge in [-0.3, -0.25) is 0 Å². The fourth-order valence-corrected chi connectivity index (χ4v) is 2.77. The Hall–Kier alpha value is -2.39. The molecule has 0 radical (unpaired) electrons. The zero-order valence-electron chi connectivity index (χ0n) is 12.7. The molecule has 0 saturated heterocycles. The van der Waals surface area contributed by atoms with Crippen LogP contribution in [0.4, 0.5) is 0 Å². The number of carbonyl (C=O) groups is 1. The van der Waals surface area contributed by atoms with Crippen molar-refractivity contribution in [3.63, 3.8) is 0 Å². The van der Waals surface area contributed by atoms with Crippen molar-refractivity contribution in [1.29, 1.82) is 0 Å². The number of ether oxygens (including phenoxy) is 2. The second kappa shape index (κ2) is 6.16. The number of benzene rings is 2. The summed E-state index contributed by atoms with van der Waals surface area (Å²) in [6, 6.07) is 17.7. The van der Waals surface area contributed by atoms with Crippen LogP contribution in [0.15, 0.2) is 60.2 Å². The lowest BCUT2D eigenvalue weighted by molar-refractivity contribution is 0.0600. The molecular formula is C19H18O3. The zero-order valence-corrected chi connectivity index (χ0v) is 12.7. The van der Waals surface area contributed by atoms with Gasteiger partial charge in [0.1, 0.15) is 6.10 Å². The van der Waals surface area contributed by atoms with E-state index in [1.165, 1.54) is 23.8 Å². The lowest BCUT2D eigenvalue weighted by Crippen LogP contribution is -2.03. The van der Waals surface area contributed by atoms with Crippen LogP contribution in [0.5, 0.6) is 0 Å². The summed E-state index contributed by atoms with van der Waals surface area (Å²) >= 11 is 0. The van der Waals surface area contributed by atoms with Gasteiger partial charge in [-0.2, -0.15) is 0 Å². The third-order valence-electron chi connectivity index (χ3n) is 4.02. The van der Waals surface area contributed by atoms with Crippen LogP contribution in [-0.2, 0) is 9.47 Å². The highest BCUT2D eigenvalue weighted by Gasteiger charge is 2.25. The Bertz CT molecular complexity index is 699. The van der Waals surface area contributed by atoms with E-state index in [9.17, 15) is 4.79 Å². The molecule has 1 atom stereocenters. The molecule has 3 heteroatoms. The van der Waals surface area contributed by atoms with E-state index >= 15 is 0 Å². The standard InChI is InChI=1S/C19H18O3/c1-13-17(14-6-4-3-5-7-14)12-22-18(13)15-8-10-16(11-9-15)19(20)21-2/h3-11,18H,12H2,1-2H3. The molecule has 0 saturated carbocycles. The number of esters is 1. The average molecular weight is 294 g/mol. The van der Waals surface area contributed by atoms with Gasteiger partial charge < -0.3 is 9.47 Å². The Kier molecular flexibility index (Phi) is 4.07. The van der Waals surface area contributed by atoms with Crippen LogP contribution in [0.25, 0.3) is 5.57 Å². The summed E-state index contributed by atoms with van der Waals surface area (Å²) in [4.78, 5) is 11.5. The number of rotatable bonds is 3. The largest absolute Gasteiger partial charge is 0.465 e. The fraction of sp³-hybridized carbons (Fsp3) is 0.211. The van der Waals surface area contributed by atoms with Gasteiger partial charge in [-0.05, 0) is 41.3 Å². The molecule has 0 aromatic heterocycles. The van der Waals surface area contributed by atoms with Crippen molar-refractivity contribution in [3.05, 3.63) is 76.9 Å². The van der Waals surface area contributed by atoms with E-state index in [4.69, 9.17) is 9.47 Å². The average Bonchev–Trinajstić information content (AvgIpc) is 2.96. The first kappa shape index (κ1) is 14.5. The Morgan fingerprint density at radius 1 is 1.09 bits per heavy atom. The minimum atomic E-state index is -0.323. The van der Waals surface area contributed by atoms with Crippen molar-refractivity contribution in [2.45, 2.75) is 13.0 Å². The predicted octanol–water partition coefficient (Wildman–Crippen LogP) is 4.02. The number of carbonyl (C=O) groups excluding carboxylic acids is 1. The first-order valence-corrected chi connectivity index (χ1v) is 7.25. The normalized spacial score (nSPS) is 17.6. The number of hydrogen-bond donors (Lipinski definition) is 0. The smallest absolute Gasteiger partial charge is 0.337 e. The number of hydrogen-bond acceptors (Lipinski definition) is 3. The topological polar surface area (TPSA) is 35.5 Å². The molecule has 0 aliphatic carbocycles. The summed E-state index contributed by atoms with van der Waals surface area (Å²) in [5, 5.41) is 0. The van der Waals surface area contributed by atoms with Crippen molar-refractivity contribution in [2.75, 3.05) is 13.7 Å². The minimum Gasteiger partial charge on any atom is -0.465 e. The van der Waals surface area contributed by atoms with Crippen LogP contribution in [0, 0.1) is 0 Å². The van der Waals surface area contributed by atoms with Gasteiger partial charge in [-0.25, -0.2) is 4.79 Å². The molecule has 3 rings (SSSR count). The zero-order chi connectivity index (χ0) is 15.5. The predicted molar refractivity (Wildman–Crippen MR) is 85.5 cm³/mol. The first-order chi connectivity index (χ1) is 10.7. The summed E-state index contributed by atoms with van der Waals surface area (Å²) in [5.74, 6) is -0.323. The molecule has 0 amide bonds. The molecule has 2 aromatic carbocycles. The van der Waals surface area contributed by atoms with Gasteiger partial charge in [-0.15, -0.1) is 0 Å². The highest BCUT2D eigenvalue weighted by Crippen LogP contribution is 2.38. The van der Waals surface area contributed by atoms with E-state index in [0.717, 1.165) is 5.56 Å². The Morgan fingerprint density at radius 3 is 2.41 bits per heavy atom. The summed E-state index contributed by atoms with van der Waals surface area (Å²) in [7, 11) is 1.38. The van der Waals surface area contributed by atoms with Gasteiger partial charge >= 0.3 is 5.97 Å².